The summed E-state index contributed by atoms with van der Waals surface area (Å²) < 4.78 is 5.46. The minimum Gasteiger partial charge on any atom is -0.492 e. The second kappa shape index (κ2) is 9.74. The number of carboxylic acids is 1. The van der Waals surface area contributed by atoms with Crippen molar-refractivity contribution in [1.82, 2.24) is 5.32 Å². The van der Waals surface area contributed by atoms with E-state index < -0.39 is 12.0 Å². The van der Waals surface area contributed by atoms with Crippen LogP contribution in [0, 0.1) is 0 Å². The highest BCUT2D eigenvalue weighted by Crippen LogP contribution is 2.07. The summed E-state index contributed by atoms with van der Waals surface area (Å²) in [7, 11) is 0. The Labute approximate surface area is 114 Å². The molecule has 18 heavy (non-hydrogen) atoms. The molecule has 1 aromatic carbocycles. The van der Waals surface area contributed by atoms with E-state index in [2.05, 4.69) is 5.32 Å². The zero-order valence-corrected chi connectivity index (χ0v) is 11.3. The molecule has 0 heterocycles. The van der Waals surface area contributed by atoms with Gasteiger partial charge in [0.25, 0.3) is 0 Å². The van der Waals surface area contributed by atoms with E-state index in [9.17, 15) is 4.79 Å². The van der Waals surface area contributed by atoms with Crippen LogP contribution < -0.4 is 10.1 Å². The normalized spacial score (nSPS) is 11.4. The Kier molecular flexibility index (Phi) is 9.06. The quantitative estimate of drug-likeness (QED) is 0.714. The molecule has 0 saturated heterocycles. The number of nitrogens with one attached hydrogen (secondary N) is 1. The Morgan fingerprint density at radius 2 is 2.06 bits per heavy atom. The van der Waals surface area contributed by atoms with E-state index in [1.54, 1.807) is 0 Å². The van der Waals surface area contributed by atoms with Crippen molar-refractivity contribution in [2.75, 3.05) is 13.2 Å². The van der Waals surface area contributed by atoms with Gasteiger partial charge in [-0.3, -0.25) is 4.79 Å². The Morgan fingerprint density at radius 3 is 2.61 bits per heavy atom. The summed E-state index contributed by atoms with van der Waals surface area (Å²) in [6.45, 7) is 2.97. The number of carbonyl (C=O) groups is 1. The van der Waals surface area contributed by atoms with Crippen molar-refractivity contribution in [2.45, 2.75) is 25.8 Å². The van der Waals surface area contributed by atoms with Gasteiger partial charge in [-0.15, -0.1) is 12.4 Å². The van der Waals surface area contributed by atoms with Gasteiger partial charge in [0.1, 0.15) is 18.4 Å². The third-order valence-electron chi connectivity index (χ3n) is 2.38. The predicted molar refractivity (Wildman–Crippen MR) is 73.5 cm³/mol. The first kappa shape index (κ1) is 16.7. The fourth-order valence-electron chi connectivity index (χ4n) is 1.52. The van der Waals surface area contributed by atoms with Crippen LogP contribution in [0.4, 0.5) is 0 Å². The summed E-state index contributed by atoms with van der Waals surface area (Å²) in [4.78, 5) is 10.9. The van der Waals surface area contributed by atoms with Crippen LogP contribution in [0.25, 0.3) is 0 Å². The molecule has 5 heteroatoms. The molecule has 1 rings (SSSR count). The number of hydrogen-bond acceptors (Lipinski definition) is 3. The lowest BCUT2D eigenvalue weighted by Gasteiger charge is -2.13. The molecule has 1 atom stereocenters. The summed E-state index contributed by atoms with van der Waals surface area (Å²) in [5.74, 6) is 0.00299. The van der Waals surface area contributed by atoms with Crippen LogP contribution >= 0.6 is 12.4 Å². The number of ether oxygens (including phenoxy) is 1. The Bertz CT molecular complexity index is 332. The second-order valence-corrected chi connectivity index (χ2v) is 3.80. The monoisotopic (exact) mass is 273 g/mol. The van der Waals surface area contributed by atoms with E-state index in [0.29, 0.717) is 19.6 Å². The van der Waals surface area contributed by atoms with Crippen LogP contribution in [0.15, 0.2) is 30.3 Å². The van der Waals surface area contributed by atoms with Crippen molar-refractivity contribution in [1.29, 1.82) is 0 Å². The van der Waals surface area contributed by atoms with Crippen LogP contribution in [0.1, 0.15) is 19.8 Å². The van der Waals surface area contributed by atoms with Crippen molar-refractivity contribution in [3.63, 3.8) is 0 Å². The summed E-state index contributed by atoms with van der Waals surface area (Å²) in [6, 6.07) is 9.01. The summed E-state index contributed by atoms with van der Waals surface area (Å²) in [6.07, 6.45) is 1.49. The van der Waals surface area contributed by atoms with Gasteiger partial charge in [-0.05, 0) is 18.6 Å². The fraction of sp³-hybridized carbons (Fsp3) is 0.462. The number of hydrogen-bond donors (Lipinski definition) is 2. The van der Waals surface area contributed by atoms with Crippen molar-refractivity contribution in [3.05, 3.63) is 30.3 Å². The number of para-hydroxylation sites is 1. The smallest absolute Gasteiger partial charge is 0.320 e. The van der Waals surface area contributed by atoms with E-state index >= 15 is 0 Å². The van der Waals surface area contributed by atoms with E-state index in [1.807, 2.05) is 37.3 Å². The first-order chi connectivity index (χ1) is 8.24. The molecule has 0 aliphatic rings. The van der Waals surface area contributed by atoms with Gasteiger partial charge >= 0.3 is 5.97 Å². The minimum atomic E-state index is -0.799. The number of halogens is 1. The van der Waals surface area contributed by atoms with Gasteiger partial charge in [-0.25, -0.2) is 0 Å². The summed E-state index contributed by atoms with van der Waals surface area (Å²) in [5, 5.41) is 11.9. The Hall–Kier alpha value is -1.26. The SMILES string of the molecule is CCCC(NCCOc1ccccc1)C(=O)O.Cl. The van der Waals surface area contributed by atoms with Crippen molar-refractivity contribution in [3.8, 4) is 5.75 Å². The molecule has 0 bridgehead atoms. The van der Waals surface area contributed by atoms with E-state index in [0.717, 1.165) is 12.2 Å². The molecule has 0 aliphatic heterocycles. The fourth-order valence-corrected chi connectivity index (χ4v) is 1.52. The topological polar surface area (TPSA) is 58.6 Å². The van der Waals surface area contributed by atoms with Gasteiger partial charge in [-0.2, -0.15) is 0 Å². The Morgan fingerprint density at radius 1 is 1.39 bits per heavy atom. The molecular formula is C13H20ClNO3. The molecule has 0 fully saturated rings. The number of benzene rings is 1. The molecular weight excluding hydrogens is 254 g/mol. The third kappa shape index (κ3) is 6.47. The minimum absolute atomic E-state index is 0. The van der Waals surface area contributed by atoms with Crippen LogP contribution in [0.2, 0.25) is 0 Å². The number of aliphatic carboxylic acids is 1. The zero-order chi connectivity index (χ0) is 12.5. The highest BCUT2D eigenvalue weighted by Gasteiger charge is 2.14. The van der Waals surface area contributed by atoms with Gasteiger partial charge in [0.15, 0.2) is 0 Å². The predicted octanol–water partition coefficient (Wildman–Crippen LogP) is 2.33. The largest absolute Gasteiger partial charge is 0.492 e. The molecule has 0 radical (unpaired) electrons. The maximum Gasteiger partial charge on any atom is 0.320 e. The first-order valence-corrected chi connectivity index (χ1v) is 5.88. The maximum atomic E-state index is 10.9. The molecule has 0 spiro atoms. The van der Waals surface area contributed by atoms with Gasteiger partial charge in [0.05, 0.1) is 0 Å². The van der Waals surface area contributed by atoms with Gasteiger partial charge in [-0.1, -0.05) is 31.5 Å². The molecule has 0 aromatic heterocycles. The average Bonchev–Trinajstić information content (AvgIpc) is 2.34. The zero-order valence-electron chi connectivity index (χ0n) is 10.5. The molecule has 0 amide bonds. The van der Waals surface area contributed by atoms with Crippen molar-refractivity contribution < 1.29 is 14.6 Å². The summed E-state index contributed by atoms with van der Waals surface area (Å²) in [5.41, 5.74) is 0. The first-order valence-electron chi connectivity index (χ1n) is 5.88. The Balaban J connectivity index is 0.00000289. The van der Waals surface area contributed by atoms with Crippen molar-refractivity contribution >= 4 is 18.4 Å². The standard InChI is InChI=1S/C13H19NO3.ClH/c1-2-6-12(13(15)16)14-9-10-17-11-7-4-3-5-8-11;/h3-5,7-8,12,14H,2,6,9-10H2,1H3,(H,15,16);1H. The van der Waals surface area contributed by atoms with Gasteiger partial charge in [0.2, 0.25) is 0 Å². The van der Waals surface area contributed by atoms with E-state index in [-0.39, 0.29) is 12.4 Å². The van der Waals surface area contributed by atoms with E-state index in [1.165, 1.54) is 0 Å². The molecule has 1 unspecified atom stereocenters. The molecule has 1 aromatic rings. The van der Waals surface area contributed by atoms with Crippen LogP contribution in [0.3, 0.4) is 0 Å². The van der Waals surface area contributed by atoms with Crippen LogP contribution in [0.5, 0.6) is 5.75 Å². The van der Waals surface area contributed by atoms with Crippen LogP contribution in [-0.4, -0.2) is 30.3 Å². The van der Waals surface area contributed by atoms with Gasteiger partial charge < -0.3 is 15.2 Å². The highest BCUT2D eigenvalue weighted by molar-refractivity contribution is 5.85. The second-order valence-electron chi connectivity index (χ2n) is 3.80. The molecule has 102 valence electrons. The van der Waals surface area contributed by atoms with E-state index in [4.69, 9.17) is 9.84 Å². The molecule has 2 N–H and O–H groups in total. The molecule has 0 saturated carbocycles. The van der Waals surface area contributed by atoms with Gasteiger partial charge in [0, 0.05) is 6.54 Å². The lowest BCUT2D eigenvalue weighted by Crippen LogP contribution is -2.38. The van der Waals surface area contributed by atoms with Crippen molar-refractivity contribution in [2.24, 2.45) is 0 Å². The number of carboxylic acid groups (broad SMARTS) is 1. The lowest BCUT2D eigenvalue weighted by atomic mass is 10.2. The maximum absolute atomic E-state index is 10.9. The lowest BCUT2D eigenvalue weighted by molar-refractivity contribution is -0.139. The highest BCUT2D eigenvalue weighted by atomic mass is 35.5. The van der Waals surface area contributed by atoms with Crippen LogP contribution in [-0.2, 0) is 4.79 Å². The molecule has 4 nitrogen and oxygen atoms in total. The third-order valence-corrected chi connectivity index (χ3v) is 2.38. The molecule has 0 aliphatic carbocycles. The average molecular weight is 274 g/mol. The number of rotatable bonds is 8. The summed E-state index contributed by atoms with van der Waals surface area (Å²) >= 11 is 0.